The maximum atomic E-state index is 14.5. The topological polar surface area (TPSA) is 68.2 Å². The van der Waals surface area contributed by atoms with Crippen LogP contribution in [0.1, 0.15) is 6.92 Å². The molecule has 1 radical (unpaired) electrons. The van der Waals surface area contributed by atoms with Gasteiger partial charge in [0.1, 0.15) is 0 Å². The van der Waals surface area contributed by atoms with E-state index in [0.29, 0.717) is 0 Å². The quantitative estimate of drug-likeness (QED) is 0.307. The second kappa shape index (κ2) is 9.99. The van der Waals surface area contributed by atoms with Crippen molar-refractivity contribution in [2.45, 2.75) is 67.4 Å². The molecule has 4 unspecified atom stereocenters. The Bertz CT molecular complexity index is 628. The molecular formula is C12H10F16O5Rh. The summed E-state index contributed by atoms with van der Waals surface area (Å²) in [5, 5.41) is 14.8. The first kappa shape index (κ1) is 35.5. The molecular weight excluding hydrogens is 631 g/mol. The molecule has 0 aromatic rings. The zero-order valence-corrected chi connectivity index (χ0v) is 17.3. The SMILES string of the molecule is CC(F)(F)C(F)OC(F)(F)C1(F)C(F)(F)OC(F)(F)C1(F)C(F)(F)OC(F)C(O)(F)F.CO.[Rh]. The van der Waals surface area contributed by atoms with Gasteiger partial charge >= 0.3 is 41.9 Å². The van der Waals surface area contributed by atoms with Crippen LogP contribution in [0.3, 0.4) is 0 Å². The predicted octanol–water partition coefficient (Wildman–Crippen LogP) is 4.28. The van der Waals surface area contributed by atoms with Crippen LogP contribution < -0.4 is 0 Å². The van der Waals surface area contributed by atoms with E-state index in [4.69, 9.17) is 10.2 Å². The minimum absolute atomic E-state index is 0. The second-order valence-electron chi connectivity index (χ2n) is 5.90. The van der Waals surface area contributed by atoms with Gasteiger partial charge in [0.15, 0.2) is 0 Å². The Kier molecular flexibility index (Phi) is 10.4. The number of aliphatic hydroxyl groups is 2. The number of alkyl halides is 16. The fourth-order valence-corrected chi connectivity index (χ4v) is 2.04. The Labute approximate surface area is 189 Å². The van der Waals surface area contributed by atoms with Crippen LogP contribution in [0.2, 0.25) is 0 Å². The van der Waals surface area contributed by atoms with Crippen molar-refractivity contribution in [2.75, 3.05) is 7.11 Å². The van der Waals surface area contributed by atoms with Crippen molar-refractivity contribution < 1.29 is 114 Å². The van der Waals surface area contributed by atoms with Gasteiger partial charge in [0.05, 0.1) is 0 Å². The predicted molar refractivity (Wildman–Crippen MR) is 66.4 cm³/mol. The molecule has 1 heterocycles. The van der Waals surface area contributed by atoms with E-state index >= 15 is 0 Å². The summed E-state index contributed by atoms with van der Waals surface area (Å²) in [7, 11) is 1.00. The number of aliphatic hydroxyl groups excluding tert-OH is 1. The third-order valence-corrected chi connectivity index (χ3v) is 3.51. The largest absolute Gasteiger partial charge is 0.409 e. The van der Waals surface area contributed by atoms with Crippen LogP contribution in [0.15, 0.2) is 0 Å². The Morgan fingerprint density at radius 1 is 0.676 bits per heavy atom. The van der Waals surface area contributed by atoms with Crippen LogP contribution in [-0.2, 0) is 33.7 Å². The van der Waals surface area contributed by atoms with Gasteiger partial charge in [0.25, 0.3) is 18.6 Å². The summed E-state index contributed by atoms with van der Waals surface area (Å²) in [6.45, 7) is -0.659. The van der Waals surface area contributed by atoms with E-state index in [0.717, 1.165) is 7.11 Å². The number of hydrogen-bond donors (Lipinski definition) is 2. The van der Waals surface area contributed by atoms with Crippen LogP contribution in [-0.4, -0.2) is 77.8 Å². The second-order valence-corrected chi connectivity index (χ2v) is 5.90. The van der Waals surface area contributed by atoms with Crippen molar-refractivity contribution >= 4 is 0 Å². The number of ether oxygens (including phenoxy) is 3. The molecule has 0 saturated carbocycles. The minimum atomic E-state index is -7.78. The average molecular weight is 641 g/mol. The van der Waals surface area contributed by atoms with Crippen LogP contribution in [0, 0.1) is 0 Å². The molecule has 4 atom stereocenters. The first-order chi connectivity index (χ1) is 14.2. The molecule has 0 amide bonds. The summed E-state index contributed by atoms with van der Waals surface area (Å²) in [4.78, 5) is 0. The van der Waals surface area contributed by atoms with Crippen LogP contribution >= 0.6 is 0 Å². The Balaban J connectivity index is 0. The molecule has 0 spiro atoms. The standard InChI is InChI=1S/C11H6F16O4.CH4O.Rh/c1-4(14,15)2(12)29-8(20,21)6(18)7(19,11(26,27)31-10(6,24)25)9(22,23)30-3(13)5(16,17)28;1-2;/h2-3,28H,1H3;2H,1H3;. The molecule has 1 saturated heterocycles. The number of rotatable bonds is 8. The molecule has 0 aromatic heterocycles. The van der Waals surface area contributed by atoms with Crippen molar-refractivity contribution in [1.82, 2.24) is 0 Å². The van der Waals surface area contributed by atoms with Gasteiger partial charge in [-0.15, -0.1) is 0 Å². The molecule has 0 bridgehead atoms. The van der Waals surface area contributed by atoms with Crippen molar-refractivity contribution in [3.63, 3.8) is 0 Å². The van der Waals surface area contributed by atoms with Crippen LogP contribution in [0.4, 0.5) is 70.2 Å². The molecule has 34 heavy (non-hydrogen) atoms. The molecule has 0 aliphatic carbocycles. The fourth-order valence-electron chi connectivity index (χ4n) is 2.04. The maximum Gasteiger partial charge on any atom is 0.409 e. The minimum Gasteiger partial charge on any atom is -0.400 e. The smallest absolute Gasteiger partial charge is 0.400 e. The van der Waals surface area contributed by atoms with E-state index in [-0.39, 0.29) is 19.5 Å². The summed E-state index contributed by atoms with van der Waals surface area (Å²) >= 11 is 0. The third kappa shape index (κ3) is 5.50. The molecule has 22 heteroatoms. The summed E-state index contributed by atoms with van der Waals surface area (Å²) < 4.78 is 219. The van der Waals surface area contributed by atoms with Gasteiger partial charge in [0, 0.05) is 33.5 Å². The van der Waals surface area contributed by atoms with E-state index in [1.807, 2.05) is 9.47 Å². The molecule has 2 N–H and O–H groups in total. The molecule has 1 aliphatic heterocycles. The number of hydrogen-bond acceptors (Lipinski definition) is 5. The van der Waals surface area contributed by atoms with Gasteiger partial charge in [-0.05, 0) is 0 Å². The van der Waals surface area contributed by atoms with Gasteiger partial charge in [-0.25, -0.2) is 31.1 Å². The first-order valence-electron chi connectivity index (χ1n) is 7.37. The number of halogens is 16. The average Bonchev–Trinajstić information content (AvgIpc) is 2.69. The van der Waals surface area contributed by atoms with Crippen molar-refractivity contribution in [3.8, 4) is 0 Å². The molecule has 1 aliphatic rings. The Morgan fingerprint density at radius 3 is 1.18 bits per heavy atom. The van der Waals surface area contributed by atoms with E-state index in [1.54, 1.807) is 0 Å². The van der Waals surface area contributed by atoms with Crippen molar-refractivity contribution in [1.29, 1.82) is 0 Å². The zero-order valence-electron chi connectivity index (χ0n) is 15.7. The van der Waals surface area contributed by atoms with Gasteiger partial charge < -0.3 is 10.2 Å². The molecule has 1 rings (SSSR count). The normalized spacial score (nSPS) is 28.9. The van der Waals surface area contributed by atoms with Gasteiger partial charge in [-0.1, -0.05) is 0 Å². The molecule has 1 fully saturated rings. The van der Waals surface area contributed by atoms with E-state index < -0.39 is 67.4 Å². The Hall–Kier alpha value is -0.697. The van der Waals surface area contributed by atoms with Gasteiger partial charge in [-0.2, -0.15) is 43.9 Å². The van der Waals surface area contributed by atoms with Gasteiger partial charge in [0.2, 0.25) is 0 Å². The molecule has 209 valence electrons. The molecule has 0 aromatic carbocycles. The third-order valence-electron chi connectivity index (χ3n) is 3.51. The summed E-state index contributed by atoms with van der Waals surface area (Å²) in [6, 6.07) is 0. The van der Waals surface area contributed by atoms with E-state index in [2.05, 4.69) is 4.74 Å². The van der Waals surface area contributed by atoms with E-state index in [9.17, 15) is 70.2 Å². The van der Waals surface area contributed by atoms with Crippen molar-refractivity contribution in [3.05, 3.63) is 0 Å². The van der Waals surface area contributed by atoms with E-state index in [1.165, 1.54) is 0 Å². The zero-order chi connectivity index (χ0) is 27.3. The molecule has 5 nitrogen and oxygen atoms in total. The maximum absolute atomic E-state index is 14.5. The monoisotopic (exact) mass is 641 g/mol. The summed E-state index contributed by atoms with van der Waals surface area (Å²) in [5.74, 6) is -5.20. The Morgan fingerprint density at radius 2 is 0.941 bits per heavy atom. The van der Waals surface area contributed by atoms with Crippen molar-refractivity contribution in [2.24, 2.45) is 0 Å². The first-order valence-corrected chi connectivity index (χ1v) is 7.37. The fraction of sp³-hybridized carbons (Fsp3) is 1.00. The summed E-state index contributed by atoms with van der Waals surface area (Å²) in [6.07, 6.45) is -45.9. The van der Waals surface area contributed by atoms with Gasteiger partial charge in [-0.3, -0.25) is 9.47 Å². The summed E-state index contributed by atoms with van der Waals surface area (Å²) in [5.41, 5.74) is -15.5. The van der Waals surface area contributed by atoms with Crippen LogP contribution in [0.5, 0.6) is 0 Å². The van der Waals surface area contributed by atoms with Crippen LogP contribution in [0.25, 0.3) is 0 Å².